The third-order valence-corrected chi connectivity index (χ3v) is 7.57. The number of urea groups is 1. The molecule has 4 rings (SSSR count). The maximum absolute atomic E-state index is 15.2. The van der Waals surface area contributed by atoms with E-state index in [2.05, 4.69) is 4.66 Å². The largest absolute Gasteiger partial charge is 0.394 e. The monoisotopic (exact) mass is 597 g/mol. The smallest absolute Gasteiger partial charge is 0.334 e. The minimum atomic E-state index is -4.00. The number of aliphatic hydroxyl groups excluding tert-OH is 2. The van der Waals surface area contributed by atoms with Crippen molar-refractivity contribution in [2.75, 3.05) is 13.2 Å². The van der Waals surface area contributed by atoms with Crippen molar-refractivity contribution < 1.29 is 38.1 Å². The molecule has 2 heterocycles. The number of ether oxygens (including phenoxy) is 1. The quantitative estimate of drug-likeness (QED) is 0.353. The molecule has 12 heteroatoms. The van der Waals surface area contributed by atoms with Gasteiger partial charge in [-0.05, 0) is 42.9 Å². The second-order valence-electron chi connectivity index (χ2n) is 11.0. The van der Waals surface area contributed by atoms with Gasteiger partial charge < -0.3 is 19.6 Å². The molecular weight excluding hydrogens is 564 g/mol. The van der Waals surface area contributed by atoms with Gasteiger partial charge >= 0.3 is 12.0 Å². The van der Waals surface area contributed by atoms with E-state index in [9.17, 15) is 24.6 Å². The fourth-order valence-corrected chi connectivity index (χ4v) is 5.59. The van der Waals surface area contributed by atoms with E-state index in [1.807, 2.05) is 25.7 Å². The fraction of sp³-hybridized carbons (Fsp3) is 0.333. The summed E-state index contributed by atoms with van der Waals surface area (Å²) < 4.78 is 40.4. The summed E-state index contributed by atoms with van der Waals surface area (Å²) in [6, 6.07) is 16.5. The highest BCUT2D eigenvalue weighted by Gasteiger charge is 2.63. The van der Waals surface area contributed by atoms with Gasteiger partial charge in [-0.15, -0.1) is 0 Å². The van der Waals surface area contributed by atoms with Gasteiger partial charge in [0.25, 0.3) is 5.91 Å². The number of halogens is 2. The average Bonchev–Trinajstić information content (AvgIpc) is 3.18. The van der Waals surface area contributed by atoms with Gasteiger partial charge in [0.05, 0.1) is 12.5 Å². The van der Waals surface area contributed by atoms with Crippen molar-refractivity contribution in [3.63, 3.8) is 0 Å². The van der Waals surface area contributed by atoms with Crippen molar-refractivity contribution in [2.24, 2.45) is 10.6 Å². The van der Waals surface area contributed by atoms with Crippen LogP contribution in [-0.4, -0.2) is 89.3 Å². The molecule has 2 N–H and O–H groups in total. The molecule has 42 heavy (non-hydrogen) atoms. The number of carbonyl (C=O) groups excluding carboxylic acids is 3. The first-order valence-corrected chi connectivity index (χ1v) is 16.8. The van der Waals surface area contributed by atoms with Crippen molar-refractivity contribution in [3.8, 4) is 0 Å². The first-order chi connectivity index (χ1) is 19.8. The number of ketones is 1. The van der Waals surface area contributed by atoms with Gasteiger partial charge in [0.1, 0.15) is 11.9 Å². The molecule has 0 bridgehead atoms. The van der Waals surface area contributed by atoms with E-state index in [0.29, 0.717) is 20.9 Å². The molecule has 0 aliphatic carbocycles. The zero-order valence-corrected chi connectivity index (χ0v) is 24.4. The van der Waals surface area contributed by atoms with Crippen LogP contribution in [-0.2, 0) is 14.3 Å². The first kappa shape index (κ1) is 31.1. The molecule has 2 fully saturated rings. The molecule has 222 valence electrons. The Hall–Kier alpha value is -3.84. The first-order valence-electron chi connectivity index (χ1n) is 13.4. The van der Waals surface area contributed by atoms with E-state index in [4.69, 9.17) is 4.74 Å². The van der Waals surface area contributed by atoms with E-state index in [1.165, 1.54) is 12.2 Å². The van der Waals surface area contributed by atoms with E-state index < -0.39 is 69.4 Å². The highest BCUT2D eigenvalue weighted by Crippen LogP contribution is 2.40. The number of nitrogens with zero attached hydrogens (tertiary/aromatic N) is 3. The van der Waals surface area contributed by atoms with Crippen LogP contribution in [0.5, 0.6) is 0 Å². The number of hydrogen-bond acceptors (Lipinski definition) is 7. The van der Waals surface area contributed by atoms with Gasteiger partial charge in [0, 0.05) is 12.6 Å². The fourth-order valence-electron chi connectivity index (χ4n) is 4.64. The standard InChI is InChI=1S/C30H33F2N3O6Si/c1-42(2,3)33-27-22(23(37)16-14-20-10-6-4-7-11-20)18-34(28-30(31,32)26(39)24(19-36)41-28)29(40)35(27)25(38)17-15-21-12-8-5-9-13-21/h4-17,22,24,26,28,36,39H,18-19H2,1-3H3/t22?,24-,26-,28-/m1/s1. The van der Waals surface area contributed by atoms with E-state index in [-0.39, 0.29) is 5.84 Å². The number of amidine groups is 1. The van der Waals surface area contributed by atoms with Crippen LogP contribution in [0.3, 0.4) is 0 Å². The summed E-state index contributed by atoms with van der Waals surface area (Å²) in [4.78, 5) is 42.3. The SMILES string of the molecule is C[Si](C)(C)N=C1C(C(=O)C=Cc2ccccc2)CN([C@@H]2O[C@H](CO)[C@@H](O)C2(F)F)C(=O)N1C(=O)C=Cc1ccccc1. The molecule has 2 aromatic carbocycles. The van der Waals surface area contributed by atoms with Crippen LogP contribution in [0.2, 0.25) is 19.6 Å². The molecule has 2 aliphatic heterocycles. The van der Waals surface area contributed by atoms with E-state index >= 15 is 8.78 Å². The Morgan fingerprint density at radius 2 is 1.57 bits per heavy atom. The topological polar surface area (TPSA) is 120 Å². The molecule has 0 spiro atoms. The van der Waals surface area contributed by atoms with Crippen molar-refractivity contribution >= 4 is 43.9 Å². The number of aliphatic hydroxyl groups is 2. The number of amides is 3. The number of alkyl halides is 2. The van der Waals surface area contributed by atoms with Crippen LogP contribution in [0.4, 0.5) is 13.6 Å². The minimum absolute atomic E-state index is 0.138. The predicted molar refractivity (Wildman–Crippen MR) is 156 cm³/mol. The number of rotatable bonds is 8. The molecule has 2 aliphatic rings. The zero-order chi connectivity index (χ0) is 30.7. The molecule has 4 atom stereocenters. The Labute approximate surface area is 243 Å². The third kappa shape index (κ3) is 6.79. The van der Waals surface area contributed by atoms with Gasteiger partial charge in [-0.3, -0.25) is 14.5 Å². The van der Waals surface area contributed by atoms with E-state index in [0.717, 1.165) is 6.08 Å². The summed E-state index contributed by atoms with van der Waals surface area (Å²) >= 11 is 0. The summed E-state index contributed by atoms with van der Waals surface area (Å²) in [6.45, 7) is 4.02. The van der Waals surface area contributed by atoms with Crippen molar-refractivity contribution in [2.45, 2.75) is 44.0 Å². The van der Waals surface area contributed by atoms with Crippen LogP contribution in [0.15, 0.2) is 77.5 Å². The third-order valence-electron chi connectivity index (χ3n) is 6.67. The predicted octanol–water partition coefficient (Wildman–Crippen LogP) is 3.81. The zero-order valence-electron chi connectivity index (χ0n) is 23.4. The molecular formula is C30H33F2N3O6Si. The molecule has 3 amide bonds. The lowest BCUT2D eigenvalue weighted by Crippen LogP contribution is -2.65. The lowest BCUT2D eigenvalue weighted by atomic mass is 9.96. The van der Waals surface area contributed by atoms with Gasteiger partial charge in [0.2, 0.25) is 6.23 Å². The second-order valence-corrected chi connectivity index (χ2v) is 15.6. The van der Waals surface area contributed by atoms with Crippen molar-refractivity contribution in [1.82, 2.24) is 9.80 Å². The van der Waals surface area contributed by atoms with Crippen LogP contribution in [0.1, 0.15) is 11.1 Å². The van der Waals surface area contributed by atoms with E-state index in [1.54, 1.807) is 60.7 Å². The minimum Gasteiger partial charge on any atom is -0.394 e. The molecule has 0 radical (unpaired) electrons. The van der Waals surface area contributed by atoms with Crippen LogP contribution in [0, 0.1) is 5.92 Å². The lowest BCUT2D eigenvalue weighted by Gasteiger charge is -2.42. The number of imide groups is 1. The van der Waals surface area contributed by atoms with Crippen molar-refractivity contribution in [1.29, 1.82) is 0 Å². The average molecular weight is 598 g/mol. The van der Waals surface area contributed by atoms with Crippen LogP contribution in [0.25, 0.3) is 12.2 Å². The summed E-state index contributed by atoms with van der Waals surface area (Å²) in [5.41, 5.74) is 1.35. The number of carbonyl (C=O) groups is 3. The number of hydrogen-bond donors (Lipinski definition) is 2. The molecule has 2 aromatic rings. The van der Waals surface area contributed by atoms with Crippen molar-refractivity contribution in [3.05, 3.63) is 83.9 Å². The van der Waals surface area contributed by atoms with Gasteiger partial charge in [-0.25, -0.2) is 9.69 Å². The second kappa shape index (κ2) is 12.6. The van der Waals surface area contributed by atoms with Crippen LogP contribution >= 0.6 is 0 Å². The van der Waals surface area contributed by atoms with Gasteiger partial charge in [0.15, 0.2) is 20.1 Å². The maximum atomic E-state index is 15.2. The highest BCUT2D eigenvalue weighted by atomic mass is 28.3. The highest BCUT2D eigenvalue weighted by molar-refractivity contribution is 6.75. The summed E-state index contributed by atoms with van der Waals surface area (Å²) in [5, 5.41) is 19.6. The Kier molecular flexibility index (Phi) is 9.31. The summed E-state index contributed by atoms with van der Waals surface area (Å²) in [5.74, 6) is -6.90. The summed E-state index contributed by atoms with van der Waals surface area (Å²) in [6.07, 6.45) is -1.06. The Morgan fingerprint density at radius 3 is 2.07 bits per heavy atom. The van der Waals surface area contributed by atoms with Gasteiger partial charge in [-0.1, -0.05) is 66.7 Å². The Balaban J connectivity index is 1.80. The molecule has 1 unspecified atom stereocenters. The Bertz CT molecular complexity index is 1390. The van der Waals surface area contributed by atoms with Gasteiger partial charge in [-0.2, -0.15) is 8.78 Å². The molecule has 0 saturated carbocycles. The molecule has 2 saturated heterocycles. The number of allylic oxidation sites excluding steroid dienone is 1. The number of benzene rings is 2. The summed E-state index contributed by atoms with van der Waals surface area (Å²) in [7, 11) is -2.46. The maximum Gasteiger partial charge on any atom is 0.334 e. The Morgan fingerprint density at radius 1 is 1.02 bits per heavy atom. The molecule has 9 nitrogen and oxygen atoms in total. The lowest BCUT2D eigenvalue weighted by molar-refractivity contribution is -0.160. The normalized spacial score (nSPS) is 25.6. The van der Waals surface area contributed by atoms with Crippen LogP contribution < -0.4 is 0 Å². The molecule has 0 aromatic heterocycles.